The molecular formula is C13H13BrClNS. The summed E-state index contributed by atoms with van der Waals surface area (Å²) in [5, 5.41) is 3.43. The van der Waals surface area contributed by atoms with E-state index < -0.39 is 0 Å². The van der Waals surface area contributed by atoms with E-state index in [2.05, 4.69) is 45.5 Å². The number of hydrogen-bond donors (Lipinski definition) is 1. The molecule has 17 heavy (non-hydrogen) atoms. The van der Waals surface area contributed by atoms with Crippen LogP contribution < -0.4 is 5.32 Å². The number of rotatable bonds is 5. The molecule has 0 radical (unpaired) electrons. The normalized spacial score (nSPS) is 10.7. The Morgan fingerprint density at radius 2 is 2.00 bits per heavy atom. The molecule has 0 aliphatic rings. The number of hydrogen-bond acceptors (Lipinski definition) is 2. The van der Waals surface area contributed by atoms with Gasteiger partial charge in [-0.3, -0.25) is 0 Å². The maximum atomic E-state index is 5.88. The van der Waals surface area contributed by atoms with Crippen LogP contribution in [0.4, 0.5) is 0 Å². The summed E-state index contributed by atoms with van der Waals surface area (Å²) in [6.45, 7) is 1.86. The van der Waals surface area contributed by atoms with Crippen molar-refractivity contribution in [3.8, 4) is 0 Å². The van der Waals surface area contributed by atoms with Crippen molar-refractivity contribution < 1.29 is 0 Å². The van der Waals surface area contributed by atoms with Gasteiger partial charge in [-0.05, 0) is 30.2 Å². The Bertz CT molecular complexity index is 484. The van der Waals surface area contributed by atoms with Gasteiger partial charge < -0.3 is 5.32 Å². The van der Waals surface area contributed by atoms with Gasteiger partial charge in [-0.1, -0.05) is 45.7 Å². The molecular weight excluding hydrogens is 318 g/mol. The third kappa shape index (κ3) is 4.11. The Morgan fingerprint density at radius 1 is 1.18 bits per heavy atom. The van der Waals surface area contributed by atoms with Crippen LogP contribution in [0.25, 0.3) is 0 Å². The van der Waals surface area contributed by atoms with Gasteiger partial charge in [-0.25, -0.2) is 0 Å². The molecule has 0 saturated heterocycles. The molecule has 1 aromatic heterocycles. The molecule has 0 bridgehead atoms. The Balaban J connectivity index is 1.75. The van der Waals surface area contributed by atoms with Gasteiger partial charge in [0.05, 0.1) is 4.34 Å². The van der Waals surface area contributed by atoms with Crippen LogP contribution in [0.5, 0.6) is 0 Å². The van der Waals surface area contributed by atoms with E-state index in [4.69, 9.17) is 11.6 Å². The molecule has 0 saturated carbocycles. The summed E-state index contributed by atoms with van der Waals surface area (Å²) < 4.78 is 2.03. The highest BCUT2D eigenvalue weighted by Gasteiger charge is 1.99. The molecule has 0 fully saturated rings. The third-order valence-electron chi connectivity index (χ3n) is 2.45. The zero-order valence-corrected chi connectivity index (χ0v) is 12.4. The van der Waals surface area contributed by atoms with Crippen LogP contribution in [0.2, 0.25) is 4.34 Å². The summed E-state index contributed by atoms with van der Waals surface area (Å²) in [6.07, 6.45) is 1.03. The molecule has 0 aliphatic heterocycles. The van der Waals surface area contributed by atoms with Gasteiger partial charge in [-0.15, -0.1) is 11.3 Å². The predicted molar refractivity (Wildman–Crippen MR) is 78.9 cm³/mol. The molecule has 1 heterocycles. The van der Waals surface area contributed by atoms with Crippen LogP contribution in [-0.2, 0) is 13.0 Å². The molecule has 4 heteroatoms. The molecule has 1 aromatic carbocycles. The van der Waals surface area contributed by atoms with Crippen LogP contribution >= 0.6 is 38.9 Å². The van der Waals surface area contributed by atoms with E-state index in [1.807, 2.05) is 12.1 Å². The molecule has 90 valence electrons. The lowest BCUT2D eigenvalue weighted by Gasteiger charge is -2.05. The van der Waals surface area contributed by atoms with E-state index >= 15 is 0 Å². The zero-order chi connectivity index (χ0) is 12.1. The Labute approximate surface area is 119 Å². The van der Waals surface area contributed by atoms with Crippen molar-refractivity contribution in [2.24, 2.45) is 0 Å². The highest BCUT2D eigenvalue weighted by molar-refractivity contribution is 9.10. The molecule has 0 amide bonds. The van der Waals surface area contributed by atoms with Gasteiger partial charge in [-0.2, -0.15) is 0 Å². The van der Waals surface area contributed by atoms with Crippen molar-refractivity contribution >= 4 is 38.9 Å². The summed E-state index contributed by atoms with van der Waals surface area (Å²) in [5.41, 5.74) is 1.29. The summed E-state index contributed by atoms with van der Waals surface area (Å²) in [7, 11) is 0. The van der Waals surface area contributed by atoms with Gasteiger partial charge >= 0.3 is 0 Å². The van der Waals surface area contributed by atoms with Crippen LogP contribution in [0.15, 0.2) is 40.9 Å². The molecule has 2 rings (SSSR count). The second-order valence-corrected chi connectivity index (χ2v) is 6.38. The number of thiophene rings is 1. The van der Waals surface area contributed by atoms with Gasteiger partial charge in [0.1, 0.15) is 0 Å². The molecule has 2 aromatic rings. The van der Waals surface area contributed by atoms with Crippen molar-refractivity contribution in [3.05, 3.63) is 55.6 Å². The van der Waals surface area contributed by atoms with E-state index in [0.29, 0.717) is 0 Å². The lowest BCUT2D eigenvalue weighted by atomic mass is 10.2. The Hall–Kier alpha value is -0.350. The summed E-state index contributed by atoms with van der Waals surface area (Å²) in [5.74, 6) is 0. The molecule has 1 N–H and O–H groups in total. The molecule has 1 nitrogen and oxygen atoms in total. The molecule has 0 spiro atoms. The summed E-state index contributed by atoms with van der Waals surface area (Å²) in [4.78, 5) is 1.33. The van der Waals surface area contributed by atoms with E-state index in [1.54, 1.807) is 11.3 Å². The van der Waals surface area contributed by atoms with Gasteiger partial charge in [0, 0.05) is 22.4 Å². The second kappa shape index (κ2) is 6.55. The first-order chi connectivity index (χ1) is 8.25. The van der Waals surface area contributed by atoms with Crippen LogP contribution in [0.1, 0.15) is 10.4 Å². The van der Waals surface area contributed by atoms with Crippen LogP contribution in [-0.4, -0.2) is 6.54 Å². The minimum absolute atomic E-state index is 0.866. The quantitative estimate of drug-likeness (QED) is 0.796. The van der Waals surface area contributed by atoms with Crippen LogP contribution in [0, 0.1) is 0 Å². The maximum absolute atomic E-state index is 5.88. The largest absolute Gasteiger partial charge is 0.312 e. The van der Waals surface area contributed by atoms with Gasteiger partial charge in [0.2, 0.25) is 0 Å². The van der Waals surface area contributed by atoms with Crippen molar-refractivity contribution in [3.63, 3.8) is 0 Å². The zero-order valence-electron chi connectivity index (χ0n) is 9.25. The highest BCUT2D eigenvalue weighted by atomic mass is 79.9. The fourth-order valence-corrected chi connectivity index (χ4v) is 3.07. The SMILES string of the molecule is Clc1ccc(CCNCc2ccccc2Br)s1. The van der Waals surface area contributed by atoms with E-state index in [0.717, 1.165) is 28.3 Å². The lowest BCUT2D eigenvalue weighted by molar-refractivity contribution is 0.689. The first-order valence-corrected chi connectivity index (χ1v) is 7.43. The Kier molecular flexibility index (Phi) is 5.04. The summed E-state index contributed by atoms with van der Waals surface area (Å²) >= 11 is 11.1. The van der Waals surface area contributed by atoms with Crippen molar-refractivity contribution in [2.45, 2.75) is 13.0 Å². The molecule has 0 unspecified atom stereocenters. The topological polar surface area (TPSA) is 12.0 Å². The van der Waals surface area contributed by atoms with Crippen LogP contribution in [0.3, 0.4) is 0 Å². The average Bonchev–Trinajstić information content (AvgIpc) is 2.73. The van der Waals surface area contributed by atoms with E-state index in [9.17, 15) is 0 Å². The fraction of sp³-hybridized carbons (Fsp3) is 0.231. The molecule has 0 atom stereocenters. The monoisotopic (exact) mass is 329 g/mol. The maximum Gasteiger partial charge on any atom is 0.0931 e. The van der Waals surface area contributed by atoms with Crippen molar-refractivity contribution in [1.82, 2.24) is 5.32 Å². The molecule has 0 aliphatic carbocycles. The smallest absolute Gasteiger partial charge is 0.0931 e. The highest BCUT2D eigenvalue weighted by Crippen LogP contribution is 2.21. The first-order valence-electron chi connectivity index (χ1n) is 5.44. The number of halogens is 2. The van der Waals surface area contributed by atoms with Crippen molar-refractivity contribution in [1.29, 1.82) is 0 Å². The minimum Gasteiger partial charge on any atom is -0.312 e. The second-order valence-electron chi connectivity index (χ2n) is 3.72. The third-order valence-corrected chi connectivity index (χ3v) is 4.51. The van der Waals surface area contributed by atoms with E-state index in [1.165, 1.54) is 10.4 Å². The standard InChI is InChI=1S/C13H13BrClNS/c14-12-4-2-1-3-10(12)9-16-8-7-11-5-6-13(15)17-11/h1-6,16H,7-9H2. The average molecular weight is 331 g/mol. The summed E-state index contributed by atoms with van der Waals surface area (Å²) in [6, 6.07) is 12.3. The Morgan fingerprint density at radius 3 is 2.71 bits per heavy atom. The first kappa shape index (κ1) is 13.1. The fourth-order valence-electron chi connectivity index (χ4n) is 1.56. The van der Waals surface area contributed by atoms with Crippen molar-refractivity contribution in [2.75, 3.05) is 6.54 Å². The van der Waals surface area contributed by atoms with Gasteiger partial charge in [0.15, 0.2) is 0 Å². The minimum atomic E-state index is 0.866. The predicted octanol–water partition coefficient (Wildman–Crippen LogP) is 4.50. The lowest BCUT2D eigenvalue weighted by Crippen LogP contribution is -2.16. The number of benzene rings is 1. The van der Waals surface area contributed by atoms with Gasteiger partial charge in [0.25, 0.3) is 0 Å². The van der Waals surface area contributed by atoms with E-state index in [-0.39, 0.29) is 0 Å². The number of nitrogens with one attached hydrogen (secondary N) is 1.